The third-order valence-corrected chi connectivity index (χ3v) is 12.4. The molecule has 0 radical (unpaired) electrons. The second kappa shape index (κ2) is 8.53. The summed E-state index contributed by atoms with van der Waals surface area (Å²) in [7, 11) is -2.79. The maximum absolute atomic E-state index is 7.13. The van der Waals surface area contributed by atoms with Crippen LogP contribution in [-0.4, -0.2) is 29.2 Å². The van der Waals surface area contributed by atoms with Gasteiger partial charge in [-0.15, -0.1) is 6.58 Å². The van der Waals surface area contributed by atoms with Crippen LogP contribution in [0.5, 0.6) is 0 Å². The molecule has 26 heavy (non-hydrogen) atoms. The van der Waals surface area contributed by atoms with E-state index in [-0.39, 0.29) is 11.1 Å². The summed E-state index contributed by atoms with van der Waals surface area (Å²) in [6.45, 7) is 22.1. The van der Waals surface area contributed by atoms with Gasteiger partial charge in [0.2, 0.25) is 0 Å². The van der Waals surface area contributed by atoms with Crippen LogP contribution in [0.3, 0.4) is 0 Å². The molecule has 0 saturated carbocycles. The van der Waals surface area contributed by atoms with Gasteiger partial charge in [0.15, 0.2) is 0 Å². The molecule has 4 heteroatoms. The Morgan fingerprint density at radius 2 is 1.54 bits per heavy atom. The molecule has 148 valence electrons. The van der Waals surface area contributed by atoms with E-state index in [2.05, 4.69) is 71.0 Å². The highest BCUT2D eigenvalue weighted by Crippen LogP contribution is 2.54. The lowest BCUT2D eigenvalue weighted by Crippen LogP contribution is -2.52. The molecule has 0 aromatic rings. The van der Waals surface area contributed by atoms with Crippen LogP contribution in [0.15, 0.2) is 24.8 Å². The van der Waals surface area contributed by atoms with Gasteiger partial charge in [-0.1, -0.05) is 96.0 Å². The van der Waals surface area contributed by atoms with Crippen LogP contribution in [0.1, 0.15) is 45.4 Å². The summed E-state index contributed by atoms with van der Waals surface area (Å²) in [5, 5.41) is 0.135. The van der Waals surface area contributed by atoms with Gasteiger partial charge in [0, 0.05) is 13.1 Å². The van der Waals surface area contributed by atoms with Gasteiger partial charge in [0.25, 0.3) is 6.92 Å². The summed E-state index contributed by atoms with van der Waals surface area (Å²) in [6, 6.07) is 1.29. The van der Waals surface area contributed by atoms with Gasteiger partial charge in [-0.05, 0) is 24.6 Å². The highest BCUT2D eigenvalue weighted by Gasteiger charge is 2.51. The molecule has 2 saturated heterocycles. The van der Waals surface area contributed by atoms with Gasteiger partial charge in [-0.2, -0.15) is 0 Å². The number of fused-ring (bicyclic) bond motifs is 2. The van der Waals surface area contributed by atoms with Crippen molar-refractivity contribution < 1.29 is 4.65 Å². The Morgan fingerprint density at radius 3 is 1.88 bits per heavy atom. The molecule has 2 heterocycles. The van der Waals surface area contributed by atoms with Gasteiger partial charge in [0.1, 0.15) is 0 Å². The SMILES string of the molecule is C=C[C@](C[Si](C)(C)C)([C@H](/C=C/C)OB1C2CCCC1CCC2)[Si](C)(C)C. The minimum atomic E-state index is -1.53. The summed E-state index contributed by atoms with van der Waals surface area (Å²) in [5.74, 6) is 1.59. The van der Waals surface area contributed by atoms with Gasteiger partial charge in [0.05, 0.1) is 14.2 Å². The van der Waals surface area contributed by atoms with Crippen molar-refractivity contribution in [2.45, 2.75) is 114 Å². The van der Waals surface area contributed by atoms with Crippen molar-refractivity contribution in [3.63, 3.8) is 0 Å². The van der Waals surface area contributed by atoms with Crippen LogP contribution in [0.4, 0.5) is 0 Å². The van der Waals surface area contributed by atoms with E-state index in [9.17, 15) is 0 Å². The van der Waals surface area contributed by atoms with E-state index in [1.165, 1.54) is 44.6 Å². The average molecular weight is 391 g/mol. The second-order valence-electron chi connectivity index (χ2n) is 11.2. The maximum atomic E-state index is 7.13. The fourth-order valence-corrected chi connectivity index (χ4v) is 13.1. The van der Waals surface area contributed by atoms with E-state index in [4.69, 9.17) is 4.65 Å². The highest BCUT2D eigenvalue weighted by molar-refractivity contribution is 6.84. The third-order valence-electron chi connectivity index (χ3n) is 6.99. The van der Waals surface area contributed by atoms with E-state index in [1.807, 2.05) is 0 Å². The number of rotatable bonds is 8. The normalized spacial score (nSPS) is 28.0. The average Bonchev–Trinajstić information content (AvgIpc) is 2.50. The molecule has 0 amide bonds. The molecule has 1 nitrogen and oxygen atoms in total. The smallest absolute Gasteiger partial charge is 0.300 e. The molecule has 0 aromatic heterocycles. The third kappa shape index (κ3) is 4.85. The minimum absolute atomic E-state index is 0.135. The first kappa shape index (κ1) is 22.2. The Hall–Kier alpha value is -0.0613. The second-order valence-corrected chi connectivity index (χ2v) is 22.1. The molecule has 2 aliphatic heterocycles. The zero-order valence-electron chi connectivity index (χ0n) is 18.6. The van der Waals surface area contributed by atoms with E-state index in [0.29, 0.717) is 6.92 Å². The molecule has 2 aliphatic rings. The fraction of sp³-hybridized carbons (Fsp3) is 0.818. The van der Waals surface area contributed by atoms with Crippen molar-refractivity contribution in [1.82, 2.24) is 0 Å². The van der Waals surface area contributed by atoms with E-state index in [0.717, 1.165) is 11.6 Å². The molecule has 2 bridgehead atoms. The minimum Gasteiger partial charge on any atom is -0.429 e. The molecular weight excluding hydrogens is 347 g/mol. The van der Waals surface area contributed by atoms with Crippen molar-refractivity contribution in [2.75, 3.05) is 0 Å². The highest BCUT2D eigenvalue weighted by atomic mass is 28.3. The van der Waals surface area contributed by atoms with Crippen molar-refractivity contribution in [3.05, 3.63) is 24.8 Å². The summed E-state index contributed by atoms with van der Waals surface area (Å²) in [6.07, 6.45) is 15.5. The summed E-state index contributed by atoms with van der Waals surface area (Å²) in [5.41, 5.74) is 0. The first-order valence-electron chi connectivity index (χ1n) is 11.0. The zero-order chi connectivity index (χ0) is 19.6. The van der Waals surface area contributed by atoms with Crippen molar-refractivity contribution >= 4 is 23.1 Å². The van der Waals surface area contributed by atoms with Gasteiger partial charge >= 0.3 is 0 Å². The van der Waals surface area contributed by atoms with Crippen LogP contribution in [0.25, 0.3) is 0 Å². The fourth-order valence-electron chi connectivity index (χ4n) is 5.68. The molecule has 0 spiro atoms. The van der Waals surface area contributed by atoms with Crippen molar-refractivity contribution in [2.24, 2.45) is 0 Å². The van der Waals surface area contributed by atoms with Crippen LogP contribution in [-0.2, 0) is 4.65 Å². The monoisotopic (exact) mass is 390 g/mol. The summed E-state index contributed by atoms with van der Waals surface area (Å²) in [4.78, 5) is 0. The van der Waals surface area contributed by atoms with Crippen LogP contribution >= 0.6 is 0 Å². The molecule has 2 rings (SSSR count). The van der Waals surface area contributed by atoms with Crippen molar-refractivity contribution in [1.29, 1.82) is 0 Å². The van der Waals surface area contributed by atoms with Gasteiger partial charge in [-0.3, -0.25) is 0 Å². The van der Waals surface area contributed by atoms with E-state index < -0.39 is 16.1 Å². The van der Waals surface area contributed by atoms with Crippen LogP contribution in [0.2, 0.25) is 62.0 Å². The zero-order valence-corrected chi connectivity index (χ0v) is 20.6. The largest absolute Gasteiger partial charge is 0.429 e. The van der Waals surface area contributed by atoms with Crippen LogP contribution < -0.4 is 0 Å². The lowest BCUT2D eigenvalue weighted by atomic mass is 9.38. The quantitative estimate of drug-likeness (QED) is 0.305. The Labute approximate surface area is 166 Å². The van der Waals surface area contributed by atoms with Gasteiger partial charge in [-0.25, -0.2) is 0 Å². The summed E-state index contributed by atoms with van der Waals surface area (Å²) < 4.78 is 7.13. The lowest BCUT2D eigenvalue weighted by Gasteiger charge is -2.51. The van der Waals surface area contributed by atoms with E-state index >= 15 is 0 Å². The molecule has 0 unspecified atom stereocenters. The molecule has 2 fully saturated rings. The molecule has 2 atom stereocenters. The molecule has 0 aliphatic carbocycles. The molecule has 0 aromatic carbocycles. The maximum Gasteiger partial charge on any atom is 0.300 e. The summed E-state index contributed by atoms with van der Waals surface area (Å²) >= 11 is 0. The Morgan fingerprint density at radius 1 is 1.04 bits per heavy atom. The number of allylic oxidation sites excluding steroid dienone is 1. The number of hydrogen-bond donors (Lipinski definition) is 0. The van der Waals surface area contributed by atoms with E-state index in [1.54, 1.807) is 0 Å². The number of hydrogen-bond acceptors (Lipinski definition) is 1. The Kier molecular flexibility index (Phi) is 7.29. The molecule has 0 N–H and O–H groups in total. The molecular formula is C22H43BOSi2. The van der Waals surface area contributed by atoms with Crippen molar-refractivity contribution in [3.8, 4) is 0 Å². The Bertz CT molecular complexity index is 483. The predicted octanol–water partition coefficient (Wildman–Crippen LogP) is 7.65. The first-order chi connectivity index (χ1) is 12.0. The predicted molar refractivity (Wildman–Crippen MR) is 125 cm³/mol. The lowest BCUT2D eigenvalue weighted by molar-refractivity contribution is 0.187. The van der Waals surface area contributed by atoms with Crippen LogP contribution in [0, 0.1) is 0 Å². The Balaban J connectivity index is 2.38. The first-order valence-corrected chi connectivity index (χ1v) is 18.2. The topological polar surface area (TPSA) is 9.23 Å². The van der Waals surface area contributed by atoms with Gasteiger partial charge < -0.3 is 4.65 Å². The standard InChI is InChI=1S/C22H43BOSi2/c1-9-13-21(22(10-2,26(6,7)8)18-25(3,4)5)24-23-19-14-11-15-20(23)17-12-16-19/h9-10,13,19-21H,2,11-12,14-18H2,1,3-8H3/b13-9+/t19?,20?,21-,22-/m0/s1.